The van der Waals surface area contributed by atoms with Crippen molar-refractivity contribution in [3.8, 4) is 5.75 Å². The van der Waals surface area contributed by atoms with Crippen LogP contribution < -0.4 is 10.5 Å². The Morgan fingerprint density at radius 2 is 2.21 bits per heavy atom. The quantitative estimate of drug-likeness (QED) is 0.858. The molecular formula is C16H25NO2. The van der Waals surface area contributed by atoms with Crippen molar-refractivity contribution >= 4 is 0 Å². The van der Waals surface area contributed by atoms with Gasteiger partial charge in [0.05, 0.1) is 6.61 Å². The van der Waals surface area contributed by atoms with Gasteiger partial charge in [-0.05, 0) is 30.4 Å². The number of hydrogen-bond acceptors (Lipinski definition) is 3. The maximum absolute atomic E-state index is 6.18. The maximum Gasteiger partial charge on any atom is 0.122 e. The van der Waals surface area contributed by atoms with E-state index >= 15 is 0 Å². The second-order valence-electron chi connectivity index (χ2n) is 5.45. The third-order valence-electron chi connectivity index (χ3n) is 4.06. The van der Waals surface area contributed by atoms with E-state index in [4.69, 9.17) is 15.2 Å². The third-order valence-corrected chi connectivity index (χ3v) is 4.06. The minimum Gasteiger partial charge on any atom is -0.492 e. The summed E-state index contributed by atoms with van der Waals surface area (Å²) < 4.78 is 11.3. The Labute approximate surface area is 116 Å². The Bertz CT molecular complexity index is 388. The number of ether oxygens (including phenoxy) is 2. The van der Waals surface area contributed by atoms with E-state index in [-0.39, 0.29) is 6.04 Å². The van der Waals surface area contributed by atoms with E-state index in [0.29, 0.717) is 18.4 Å². The van der Waals surface area contributed by atoms with Gasteiger partial charge in [-0.1, -0.05) is 32.0 Å². The van der Waals surface area contributed by atoms with Gasteiger partial charge in [-0.15, -0.1) is 0 Å². The summed E-state index contributed by atoms with van der Waals surface area (Å²) in [4.78, 5) is 0. The van der Waals surface area contributed by atoms with E-state index in [1.807, 2.05) is 12.1 Å². The SMILES string of the molecule is CCC(C)c1ccccc1OCC(N)C1CCOC1. The summed E-state index contributed by atoms with van der Waals surface area (Å²) in [5, 5.41) is 0. The van der Waals surface area contributed by atoms with Crippen LogP contribution in [0.4, 0.5) is 0 Å². The summed E-state index contributed by atoms with van der Waals surface area (Å²) in [7, 11) is 0. The van der Waals surface area contributed by atoms with Crippen LogP contribution in [0.25, 0.3) is 0 Å². The summed E-state index contributed by atoms with van der Waals surface area (Å²) in [6.45, 7) is 6.61. The summed E-state index contributed by atoms with van der Waals surface area (Å²) >= 11 is 0. The molecule has 106 valence electrons. The fourth-order valence-electron chi connectivity index (χ4n) is 2.45. The molecule has 2 rings (SSSR count). The van der Waals surface area contributed by atoms with Crippen LogP contribution >= 0.6 is 0 Å². The number of hydrogen-bond donors (Lipinski definition) is 1. The largest absolute Gasteiger partial charge is 0.492 e. The van der Waals surface area contributed by atoms with Crippen LogP contribution in [0.15, 0.2) is 24.3 Å². The molecule has 19 heavy (non-hydrogen) atoms. The van der Waals surface area contributed by atoms with Crippen LogP contribution in [0, 0.1) is 5.92 Å². The van der Waals surface area contributed by atoms with Gasteiger partial charge >= 0.3 is 0 Å². The molecule has 0 spiro atoms. The Balaban J connectivity index is 1.95. The second-order valence-corrected chi connectivity index (χ2v) is 5.45. The fraction of sp³-hybridized carbons (Fsp3) is 0.625. The summed E-state index contributed by atoms with van der Waals surface area (Å²) in [5.74, 6) is 1.93. The first-order chi connectivity index (χ1) is 9.22. The van der Waals surface area contributed by atoms with E-state index in [9.17, 15) is 0 Å². The monoisotopic (exact) mass is 263 g/mol. The Morgan fingerprint density at radius 1 is 1.42 bits per heavy atom. The van der Waals surface area contributed by atoms with Gasteiger partial charge in [0, 0.05) is 18.6 Å². The van der Waals surface area contributed by atoms with Crippen LogP contribution in [-0.2, 0) is 4.74 Å². The molecule has 0 saturated carbocycles. The minimum absolute atomic E-state index is 0.0625. The zero-order valence-electron chi connectivity index (χ0n) is 12.0. The minimum atomic E-state index is 0.0625. The predicted molar refractivity (Wildman–Crippen MR) is 77.5 cm³/mol. The molecule has 3 unspecified atom stereocenters. The molecule has 2 N–H and O–H groups in total. The number of nitrogens with two attached hydrogens (primary N) is 1. The van der Waals surface area contributed by atoms with Crippen LogP contribution in [-0.4, -0.2) is 25.9 Å². The molecule has 1 saturated heterocycles. The number of para-hydroxylation sites is 1. The molecule has 0 aliphatic carbocycles. The molecule has 3 heteroatoms. The van der Waals surface area contributed by atoms with Gasteiger partial charge < -0.3 is 15.2 Å². The van der Waals surface area contributed by atoms with E-state index in [1.165, 1.54) is 5.56 Å². The van der Waals surface area contributed by atoms with E-state index in [1.54, 1.807) is 0 Å². The van der Waals surface area contributed by atoms with Crippen molar-refractivity contribution in [1.82, 2.24) is 0 Å². The highest BCUT2D eigenvalue weighted by Crippen LogP contribution is 2.28. The highest BCUT2D eigenvalue weighted by atomic mass is 16.5. The van der Waals surface area contributed by atoms with Gasteiger partial charge in [-0.25, -0.2) is 0 Å². The van der Waals surface area contributed by atoms with Gasteiger partial charge in [0.25, 0.3) is 0 Å². The predicted octanol–water partition coefficient (Wildman–Crippen LogP) is 2.94. The summed E-state index contributed by atoms with van der Waals surface area (Å²) in [6.07, 6.45) is 2.17. The van der Waals surface area contributed by atoms with Crippen LogP contribution in [0.1, 0.15) is 38.2 Å². The average molecular weight is 263 g/mol. The maximum atomic E-state index is 6.18. The van der Waals surface area contributed by atoms with Crippen LogP contribution in [0.2, 0.25) is 0 Å². The summed E-state index contributed by atoms with van der Waals surface area (Å²) in [5.41, 5.74) is 7.46. The van der Waals surface area contributed by atoms with Crippen molar-refractivity contribution in [3.63, 3.8) is 0 Å². The van der Waals surface area contributed by atoms with E-state index < -0.39 is 0 Å². The molecular weight excluding hydrogens is 238 g/mol. The molecule has 0 aromatic heterocycles. The van der Waals surface area contributed by atoms with E-state index in [2.05, 4.69) is 26.0 Å². The smallest absolute Gasteiger partial charge is 0.122 e. The zero-order chi connectivity index (χ0) is 13.7. The van der Waals surface area contributed by atoms with Crippen molar-refractivity contribution in [2.24, 2.45) is 11.7 Å². The highest BCUT2D eigenvalue weighted by molar-refractivity contribution is 5.35. The number of rotatable bonds is 6. The lowest BCUT2D eigenvalue weighted by atomic mass is 9.97. The van der Waals surface area contributed by atoms with Crippen LogP contribution in [0.3, 0.4) is 0 Å². The molecule has 1 aromatic rings. The molecule has 1 aliphatic heterocycles. The molecule has 1 aromatic carbocycles. The van der Waals surface area contributed by atoms with Crippen LogP contribution in [0.5, 0.6) is 5.75 Å². The normalized spacial score (nSPS) is 22.2. The van der Waals surface area contributed by atoms with Gasteiger partial charge in [-0.3, -0.25) is 0 Å². The standard InChI is InChI=1S/C16H25NO2/c1-3-12(2)14-6-4-5-7-16(14)19-11-15(17)13-8-9-18-10-13/h4-7,12-13,15H,3,8-11,17H2,1-2H3. The highest BCUT2D eigenvalue weighted by Gasteiger charge is 2.23. The van der Waals surface area contributed by atoms with Crippen molar-refractivity contribution < 1.29 is 9.47 Å². The van der Waals surface area contributed by atoms with Gasteiger partial charge in [0.2, 0.25) is 0 Å². The third kappa shape index (κ3) is 3.71. The van der Waals surface area contributed by atoms with E-state index in [0.717, 1.165) is 31.8 Å². The van der Waals surface area contributed by atoms with Crippen molar-refractivity contribution in [2.75, 3.05) is 19.8 Å². The average Bonchev–Trinajstić information content (AvgIpc) is 2.98. The lowest BCUT2D eigenvalue weighted by Gasteiger charge is -2.20. The molecule has 0 amide bonds. The van der Waals surface area contributed by atoms with Gasteiger partial charge in [0.15, 0.2) is 0 Å². The van der Waals surface area contributed by atoms with Gasteiger partial charge in [-0.2, -0.15) is 0 Å². The van der Waals surface area contributed by atoms with Crippen molar-refractivity contribution in [1.29, 1.82) is 0 Å². The lowest BCUT2D eigenvalue weighted by molar-refractivity contribution is 0.169. The Morgan fingerprint density at radius 3 is 2.89 bits per heavy atom. The molecule has 0 radical (unpaired) electrons. The lowest BCUT2D eigenvalue weighted by Crippen LogP contribution is -2.36. The van der Waals surface area contributed by atoms with Crippen molar-refractivity contribution in [3.05, 3.63) is 29.8 Å². The topological polar surface area (TPSA) is 44.5 Å². The molecule has 3 atom stereocenters. The molecule has 3 nitrogen and oxygen atoms in total. The van der Waals surface area contributed by atoms with Gasteiger partial charge in [0.1, 0.15) is 12.4 Å². The molecule has 1 aliphatic rings. The first-order valence-corrected chi connectivity index (χ1v) is 7.27. The van der Waals surface area contributed by atoms with Crippen molar-refractivity contribution in [2.45, 2.75) is 38.6 Å². The summed E-state index contributed by atoms with van der Waals surface area (Å²) in [6, 6.07) is 8.34. The molecule has 1 fully saturated rings. The molecule has 1 heterocycles. The number of benzene rings is 1. The molecule has 0 bridgehead atoms. The Kier molecular flexibility index (Phi) is 5.23. The second kappa shape index (κ2) is 6.92. The Hall–Kier alpha value is -1.06. The fourth-order valence-corrected chi connectivity index (χ4v) is 2.45. The first kappa shape index (κ1) is 14.4. The first-order valence-electron chi connectivity index (χ1n) is 7.27. The zero-order valence-corrected chi connectivity index (χ0v) is 12.0.